The van der Waals surface area contributed by atoms with Gasteiger partial charge in [-0.1, -0.05) is 11.6 Å². The van der Waals surface area contributed by atoms with Gasteiger partial charge in [-0.05, 0) is 38.2 Å². The molecule has 0 aliphatic heterocycles. The zero-order valence-electron chi connectivity index (χ0n) is 10.3. The van der Waals surface area contributed by atoms with Crippen LogP contribution >= 0.6 is 11.6 Å². The van der Waals surface area contributed by atoms with E-state index in [1.54, 1.807) is 7.05 Å². The molecule has 3 N–H and O–H groups in total. The lowest BCUT2D eigenvalue weighted by Crippen LogP contribution is -2.26. The molecule has 0 unspecified atom stereocenters. The molecule has 0 spiro atoms. The Balaban J connectivity index is 2.84. The molecular formula is C11H15ClN2O4S. The van der Waals surface area contributed by atoms with Gasteiger partial charge in [-0.15, -0.1) is 0 Å². The highest BCUT2D eigenvalue weighted by molar-refractivity contribution is 7.89. The Morgan fingerprint density at radius 1 is 1.37 bits per heavy atom. The third-order valence-electron chi connectivity index (χ3n) is 2.38. The van der Waals surface area contributed by atoms with Gasteiger partial charge in [0.2, 0.25) is 10.0 Å². The summed E-state index contributed by atoms with van der Waals surface area (Å²) in [5.74, 6) is -1.20. The summed E-state index contributed by atoms with van der Waals surface area (Å²) in [5.41, 5.74) is -0.129. The Kier molecular flexibility index (Phi) is 5.74. The molecular weight excluding hydrogens is 292 g/mol. The van der Waals surface area contributed by atoms with Gasteiger partial charge in [0.15, 0.2) is 0 Å². The van der Waals surface area contributed by atoms with Gasteiger partial charge < -0.3 is 10.4 Å². The lowest BCUT2D eigenvalue weighted by atomic mass is 10.2. The van der Waals surface area contributed by atoms with E-state index in [0.29, 0.717) is 19.5 Å². The second-order valence-electron chi connectivity index (χ2n) is 3.80. The van der Waals surface area contributed by atoms with E-state index in [-0.39, 0.29) is 15.5 Å². The standard InChI is InChI=1S/C11H15ClN2O4S/c1-13-5-2-6-14-19(17,18)8-3-4-9(11(15)16)10(12)7-8/h3-4,7,13-14H,2,5-6H2,1H3,(H,15,16). The van der Waals surface area contributed by atoms with Crippen LogP contribution in [0.1, 0.15) is 16.8 Å². The number of carboxylic acid groups (broad SMARTS) is 1. The molecule has 1 rings (SSSR count). The minimum Gasteiger partial charge on any atom is -0.478 e. The average molecular weight is 307 g/mol. The summed E-state index contributed by atoms with van der Waals surface area (Å²) in [6, 6.07) is 3.52. The largest absolute Gasteiger partial charge is 0.478 e. The Labute approximate surface area is 116 Å². The van der Waals surface area contributed by atoms with E-state index in [9.17, 15) is 13.2 Å². The fraction of sp³-hybridized carbons (Fsp3) is 0.364. The summed E-state index contributed by atoms with van der Waals surface area (Å²) >= 11 is 5.73. The second-order valence-corrected chi connectivity index (χ2v) is 5.98. The highest BCUT2D eigenvalue weighted by Crippen LogP contribution is 2.20. The van der Waals surface area contributed by atoms with Crippen molar-refractivity contribution < 1.29 is 18.3 Å². The smallest absolute Gasteiger partial charge is 0.337 e. The van der Waals surface area contributed by atoms with Crippen molar-refractivity contribution in [2.24, 2.45) is 0 Å². The van der Waals surface area contributed by atoms with E-state index in [1.165, 1.54) is 12.1 Å². The first-order chi connectivity index (χ1) is 8.88. The molecule has 1 aromatic rings. The van der Waals surface area contributed by atoms with Crippen LogP contribution in [0.25, 0.3) is 0 Å². The molecule has 1 aromatic carbocycles. The van der Waals surface area contributed by atoms with Gasteiger partial charge in [0, 0.05) is 6.54 Å². The number of hydrogen-bond acceptors (Lipinski definition) is 4. The van der Waals surface area contributed by atoms with Crippen LogP contribution in [-0.4, -0.2) is 39.6 Å². The lowest BCUT2D eigenvalue weighted by molar-refractivity contribution is 0.0697. The van der Waals surface area contributed by atoms with Gasteiger partial charge >= 0.3 is 5.97 Å². The van der Waals surface area contributed by atoms with E-state index >= 15 is 0 Å². The number of aromatic carboxylic acids is 1. The number of hydrogen-bond donors (Lipinski definition) is 3. The minimum absolute atomic E-state index is 0.0491. The molecule has 0 aromatic heterocycles. The molecule has 0 saturated heterocycles. The predicted octanol–water partition coefficient (Wildman–Crippen LogP) is 0.926. The summed E-state index contributed by atoms with van der Waals surface area (Å²) in [6.45, 7) is 0.989. The van der Waals surface area contributed by atoms with Gasteiger partial charge in [0.25, 0.3) is 0 Å². The maximum atomic E-state index is 11.9. The van der Waals surface area contributed by atoms with Crippen LogP contribution in [0.2, 0.25) is 5.02 Å². The number of halogens is 1. The van der Waals surface area contributed by atoms with Gasteiger partial charge in [-0.25, -0.2) is 17.9 Å². The first-order valence-corrected chi connectivity index (χ1v) is 7.41. The van der Waals surface area contributed by atoms with Crippen molar-refractivity contribution in [2.45, 2.75) is 11.3 Å². The zero-order valence-corrected chi connectivity index (χ0v) is 11.9. The van der Waals surface area contributed by atoms with Gasteiger partial charge in [0.1, 0.15) is 0 Å². The highest BCUT2D eigenvalue weighted by Gasteiger charge is 2.17. The van der Waals surface area contributed by atoms with Crippen LogP contribution in [-0.2, 0) is 10.0 Å². The molecule has 0 atom stereocenters. The Morgan fingerprint density at radius 3 is 2.58 bits per heavy atom. The van der Waals surface area contributed by atoms with Crippen molar-refractivity contribution in [3.05, 3.63) is 28.8 Å². The van der Waals surface area contributed by atoms with Crippen LogP contribution in [0.15, 0.2) is 23.1 Å². The summed E-state index contributed by atoms with van der Waals surface area (Å²) in [7, 11) is -1.88. The van der Waals surface area contributed by atoms with Crippen LogP contribution in [0.3, 0.4) is 0 Å². The summed E-state index contributed by atoms with van der Waals surface area (Å²) in [5, 5.41) is 11.6. The third kappa shape index (κ3) is 4.46. The fourth-order valence-corrected chi connectivity index (χ4v) is 2.82. The van der Waals surface area contributed by atoms with Gasteiger partial charge in [-0.2, -0.15) is 0 Å². The van der Waals surface area contributed by atoms with E-state index in [1.807, 2.05) is 0 Å². The Morgan fingerprint density at radius 2 is 2.05 bits per heavy atom. The SMILES string of the molecule is CNCCCNS(=O)(=O)c1ccc(C(=O)O)c(Cl)c1. The number of carbonyl (C=O) groups is 1. The molecule has 0 fully saturated rings. The summed E-state index contributed by atoms with van der Waals surface area (Å²) < 4.78 is 26.2. The Hall–Kier alpha value is -1.15. The fourth-order valence-electron chi connectivity index (χ4n) is 1.39. The van der Waals surface area contributed by atoms with Crippen LogP contribution in [0, 0.1) is 0 Å². The number of benzene rings is 1. The molecule has 6 nitrogen and oxygen atoms in total. The van der Waals surface area contributed by atoms with E-state index in [0.717, 1.165) is 6.07 Å². The molecule has 0 saturated carbocycles. The summed E-state index contributed by atoms with van der Waals surface area (Å²) in [4.78, 5) is 10.7. The third-order valence-corrected chi connectivity index (χ3v) is 4.15. The topological polar surface area (TPSA) is 95.5 Å². The molecule has 106 valence electrons. The van der Waals surface area contributed by atoms with Crippen LogP contribution in [0.5, 0.6) is 0 Å². The zero-order chi connectivity index (χ0) is 14.5. The number of carboxylic acids is 1. The molecule has 19 heavy (non-hydrogen) atoms. The van der Waals surface area contributed by atoms with Crippen molar-refractivity contribution in [1.82, 2.24) is 10.0 Å². The monoisotopic (exact) mass is 306 g/mol. The van der Waals surface area contributed by atoms with Gasteiger partial charge in [-0.3, -0.25) is 0 Å². The van der Waals surface area contributed by atoms with Crippen molar-refractivity contribution >= 4 is 27.6 Å². The molecule has 0 amide bonds. The Bertz CT molecular complexity index is 560. The van der Waals surface area contributed by atoms with Crippen molar-refractivity contribution in [2.75, 3.05) is 20.1 Å². The highest BCUT2D eigenvalue weighted by atomic mass is 35.5. The molecule has 0 heterocycles. The molecule has 0 radical (unpaired) electrons. The van der Waals surface area contributed by atoms with Crippen LogP contribution < -0.4 is 10.0 Å². The average Bonchev–Trinajstić information content (AvgIpc) is 2.34. The lowest BCUT2D eigenvalue weighted by Gasteiger charge is -2.08. The van der Waals surface area contributed by atoms with Crippen molar-refractivity contribution in [1.29, 1.82) is 0 Å². The molecule has 0 bridgehead atoms. The molecule has 8 heteroatoms. The number of sulfonamides is 1. The number of rotatable bonds is 7. The maximum Gasteiger partial charge on any atom is 0.337 e. The first kappa shape index (κ1) is 15.9. The minimum atomic E-state index is -3.66. The number of nitrogens with one attached hydrogen (secondary N) is 2. The van der Waals surface area contributed by atoms with Gasteiger partial charge in [0.05, 0.1) is 15.5 Å². The van der Waals surface area contributed by atoms with E-state index in [4.69, 9.17) is 16.7 Å². The van der Waals surface area contributed by atoms with E-state index < -0.39 is 16.0 Å². The predicted molar refractivity (Wildman–Crippen MR) is 72.1 cm³/mol. The normalized spacial score (nSPS) is 11.5. The molecule has 0 aliphatic carbocycles. The maximum absolute atomic E-state index is 11.9. The summed E-state index contributed by atoms with van der Waals surface area (Å²) in [6.07, 6.45) is 0.649. The second kappa shape index (κ2) is 6.85. The first-order valence-electron chi connectivity index (χ1n) is 5.55. The van der Waals surface area contributed by atoms with E-state index in [2.05, 4.69) is 10.0 Å². The molecule has 0 aliphatic rings. The van der Waals surface area contributed by atoms with Crippen molar-refractivity contribution in [3.8, 4) is 0 Å². The quantitative estimate of drug-likeness (QED) is 0.651. The van der Waals surface area contributed by atoms with Crippen LogP contribution in [0.4, 0.5) is 0 Å². The van der Waals surface area contributed by atoms with Crippen molar-refractivity contribution in [3.63, 3.8) is 0 Å².